The van der Waals surface area contributed by atoms with Gasteiger partial charge in [-0.1, -0.05) is 29.4 Å². The van der Waals surface area contributed by atoms with Crippen LogP contribution in [0.2, 0.25) is 0 Å². The van der Waals surface area contributed by atoms with E-state index in [1.165, 1.54) is 24.3 Å². The highest BCUT2D eigenvalue weighted by Crippen LogP contribution is 2.29. The molecule has 154 valence electrons. The van der Waals surface area contributed by atoms with Crippen LogP contribution in [-0.2, 0) is 19.0 Å². The molecule has 3 aromatic rings. The Balaban J connectivity index is 1.78. The van der Waals surface area contributed by atoms with Gasteiger partial charge in [0.05, 0.1) is 0 Å². The molecule has 2 aromatic heterocycles. The topological polar surface area (TPSA) is 108 Å². The molecule has 0 fully saturated rings. The van der Waals surface area contributed by atoms with Crippen molar-refractivity contribution in [3.05, 3.63) is 53.1 Å². The number of hydrogen-bond acceptors (Lipinski definition) is 6. The van der Waals surface area contributed by atoms with Crippen LogP contribution in [0.3, 0.4) is 0 Å². The summed E-state index contributed by atoms with van der Waals surface area (Å²) in [4.78, 5) is 18.2. The number of oxazole rings is 1. The molecule has 0 aliphatic rings. The summed E-state index contributed by atoms with van der Waals surface area (Å²) >= 11 is 0. The maximum atomic E-state index is 12.6. The molecule has 0 saturated heterocycles. The maximum Gasteiger partial charge on any atom is 0.471 e. The molecule has 0 atom stereocenters. The number of carbonyl (C=O) groups excluding carboxylic acids is 1. The molecule has 0 saturated carbocycles. The fourth-order valence-corrected chi connectivity index (χ4v) is 2.37. The van der Waals surface area contributed by atoms with Crippen LogP contribution in [0.5, 0.6) is 0 Å². The summed E-state index contributed by atoms with van der Waals surface area (Å²) in [6, 6.07) is 5.68. The van der Waals surface area contributed by atoms with Gasteiger partial charge in [0.25, 0.3) is 5.91 Å². The molecule has 0 aliphatic carbocycles. The Morgan fingerprint density at radius 3 is 2.21 bits per heavy atom. The average molecular weight is 420 g/mol. The summed E-state index contributed by atoms with van der Waals surface area (Å²) in [6.45, 7) is 0. The lowest BCUT2D eigenvalue weighted by molar-refractivity contribution is -0.159. The summed E-state index contributed by atoms with van der Waals surface area (Å²) < 4.78 is 84.4. The molecular formula is C16H10F6N4O3. The van der Waals surface area contributed by atoms with Gasteiger partial charge in [-0.15, -0.1) is 0 Å². The van der Waals surface area contributed by atoms with Crippen LogP contribution in [-0.4, -0.2) is 27.2 Å². The van der Waals surface area contributed by atoms with Crippen molar-refractivity contribution in [3.63, 3.8) is 0 Å². The van der Waals surface area contributed by atoms with Crippen molar-refractivity contribution in [2.45, 2.75) is 25.2 Å². The Morgan fingerprint density at radius 1 is 1.03 bits per heavy atom. The molecule has 0 spiro atoms. The minimum absolute atomic E-state index is 0.0849. The van der Waals surface area contributed by atoms with Gasteiger partial charge in [0.1, 0.15) is 12.2 Å². The van der Waals surface area contributed by atoms with Gasteiger partial charge in [0.2, 0.25) is 5.82 Å². The zero-order chi connectivity index (χ0) is 21.4. The van der Waals surface area contributed by atoms with Crippen LogP contribution in [0.4, 0.5) is 26.3 Å². The lowest BCUT2D eigenvalue weighted by Gasteiger charge is -2.03. The van der Waals surface area contributed by atoms with E-state index < -0.39 is 42.0 Å². The van der Waals surface area contributed by atoms with Gasteiger partial charge in [-0.2, -0.15) is 31.3 Å². The predicted molar refractivity (Wildman–Crippen MR) is 82.3 cm³/mol. The van der Waals surface area contributed by atoms with E-state index in [0.29, 0.717) is 5.56 Å². The number of rotatable bonds is 5. The summed E-state index contributed by atoms with van der Waals surface area (Å²) in [5.74, 6) is -3.81. The number of amides is 1. The van der Waals surface area contributed by atoms with E-state index in [1.807, 2.05) is 0 Å². The first-order chi connectivity index (χ1) is 13.4. The van der Waals surface area contributed by atoms with Gasteiger partial charge < -0.3 is 14.7 Å². The number of alkyl halides is 6. The Hall–Kier alpha value is -3.38. The minimum atomic E-state index is -4.78. The molecule has 29 heavy (non-hydrogen) atoms. The van der Waals surface area contributed by atoms with E-state index in [-0.39, 0.29) is 23.7 Å². The van der Waals surface area contributed by atoms with Crippen molar-refractivity contribution in [1.29, 1.82) is 0 Å². The third-order valence-corrected chi connectivity index (χ3v) is 3.57. The predicted octanol–water partition coefficient (Wildman–Crippen LogP) is 3.54. The van der Waals surface area contributed by atoms with Gasteiger partial charge in [-0.3, -0.25) is 4.79 Å². The quantitative estimate of drug-likeness (QED) is 0.633. The van der Waals surface area contributed by atoms with Crippen LogP contribution in [0.25, 0.3) is 11.4 Å². The first kappa shape index (κ1) is 20.4. The number of nitrogens with zero attached hydrogens (tertiary/aromatic N) is 3. The van der Waals surface area contributed by atoms with E-state index in [4.69, 9.17) is 10.2 Å². The minimum Gasteiger partial charge on any atom is -0.444 e. The van der Waals surface area contributed by atoms with Crippen LogP contribution >= 0.6 is 0 Å². The summed E-state index contributed by atoms with van der Waals surface area (Å²) in [5.41, 5.74) is 5.12. The van der Waals surface area contributed by atoms with Gasteiger partial charge in [0, 0.05) is 12.0 Å². The number of halogens is 6. The molecule has 7 nitrogen and oxygen atoms in total. The standard InChI is InChI=1S/C16H10F6N4O3/c17-15(18,19)6-9-11(12(23)27)24-10(28-9)5-7-1-3-8(4-2-7)13-25-14(29-26-13)16(20,21)22/h1-4H,5-6H2,(H2,23,27). The number of hydrogen-bond donors (Lipinski definition) is 1. The van der Waals surface area contributed by atoms with E-state index in [2.05, 4.69) is 19.6 Å². The maximum absolute atomic E-state index is 12.6. The van der Waals surface area contributed by atoms with Gasteiger partial charge in [-0.05, 0) is 5.56 Å². The molecule has 0 bridgehead atoms. The van der Waals surface area contributed by atoms with Crippen LogP contribution in [0, 0.1) is 0 Å². The van der Waals surface area contributed by atoms with Gasteiger partial charge >= 0.3 is 18.2 Å². The van der Waals surface area contributed by atoms with Gasteiger partial charge in [-0.25, -0.2) is 4.98 Å². The fourth-order valence-electron chi connectivity index (χ4n) is 2.37. The van der Waals surface area contributed by atoms with Crippen molar-refractivity contribution in [1.82, 2.24) is 15.1 Å². The number of nitrogens with two attached hydrogens (primary N) is 1. The molecule has 1 aromatic carbocycles. The number of benzene rings is 1. The first-order valence-electron chi connectivity index (χ1n) is 7.78. The first-order valence-corrected chi connectivity index (χ1v) is 7.78. The van der Waals surface area contributed by atoms with E-state index in [9.17, 15) is 31.1 Å². The molecule has 3 rings (SSSR count). The molecule has 0 radical (unpaired) electrons. The molecule has 0 unspecified atom stereocenters. The zero-order valence-electron chi connectivity index (χ0n) is 14.1. The van der Waals surface area contributed by atoms with E-state index >= 15 is 0 Å². The van der Waals surface area contributed by atoms with Crippen molar-refractivity contribution in [2.24, 2.45) is 5.73 Å². The SMILES string of the molecule is NC(=O)c1nc(Cc2ccc(-c3noc(C(F)(F)F)n3)cc2)oc1CC(F)(F)F. The fraction of sp³-hybridized carbons (Fsp3) is 0.250. The largest absolute Gasteiger partial charge is 0.471 e. The molecule has 2 N–H and O–H groups in total. The molecule has 1 amide bonds. The summed E-state index contributed by atoms with van der Waals surface area (Å²) in [5, 5.41) is 3.24. The highest BCUT2D eigenvalue weighted by atomic mass is 19.4. The van der Waals surface area contributed by atoms with Crippen LogP contribution in [0.15, 0.2) is 33.2 Å². The van der Waals surface area contributed by atoms with Crippen molar-refractivity contribution < 1.29 is 40.1 Å². The second-order valence-corrected chi connectivity index (χ2v) is 5.83. The molecule has 2 heterocycles. The Kier molecular flexibility index (Phi) is 5.07. The van der Waals surface area contributed by atoms with Crippen LogP contribution in [0.1, 0.15) is 33.6 Å². The highest BCUT2D eigenvalue weighted by molar-refractivity contribution is 5.91. The normalized spacial score (nSPS) is 12.3. The Labute approximate surface area is 157 Å². The zero-order valence-corrected chi connectivity index (χ0v) is 14.1. The van der Waals surface area contributed by atoms with Crippen molar-refractivity contribution in [2.75, 3.05) is 0 Å². The van der Waals surface area contributed by atoms with Gasteiger partial charge in [0.15, 0.2) is 11.6 Å². The number of aromatic nitrogens is 3. The molecular weight excluding hydrogens is 410 g/mol. The average Bonchev–Trinajstić information content (AvgIpc) is 3.21. The van der Waals surface area contributed by atoms with E-state index in [0.717, 1.165) is 0 Å². The Bertz CT molecular complexity index is 1020. The third-order valence-electron chi connectivity index (χ3n) is 3.57. The second kappa shape index (κ2) is 7.22. The monoisotopic (exact) mass is 420 g/mol. The Morgan fingerprint density at radius 2 is 1.69 bits per heavy atom. The molecule has 0 aliphatic heterocycles. The van der Waals surface area contributed by atoms with E-state index in [1.54, 1.807) is 0 Å². The van der Waals surface area contributed by atoms with Crippen molar-refractivity contribution >= 4 is 5.91 Å². The second-order valence-electron chi connectivity index (χ2n) is 5.83. The van der Waals surface area contributed by atoms with Crippen LogP contribution < -0.4 is 5.73 Å². The molecule has 13 heteroatoms. The summed E-state index contributed by atoms with van der Waals surface area (Å²) in [7, 11) is 0. The lowest BCUT2D eigenvalue weighted by Crippen LogP contribution is -2.18. The third kappa shape index (κ3) is 4.92. The smallest absolute Gasteiger partial charge is 0.444 e. The summed E-state index contributed by atoms with van der Waals surface area (Å²) in [6.07, 6.45) is -11.0. The highest BCUT2D eigenvalue weighted by Gasteiger charge is 2.38. The lowest BCUT2D eigenvalue weighted by atomic mass is 10.1. The van der Waals surface area contributed by atoms with Crippen molar-refractivity contribution in [3.8, 4) is 11.4 Å². The number of primary amides is 1. The number of carbonyl (C=O) groups is 1.